The van der Waals surface area contributed by atoms with Crippen LogP contribution in [0.2, 0.25) is 0 Å². The molecule has 0 aliphatic carbocycles. The van der Waals surface area contributed by atoms with E-state index >= 15 is 0 Å². The Kier molecular flexibility index (Phi) is 4.24. The molecule has 0 bridgehead atoms. The van der Waals surface area contributed by atoms with Gasteiger partial charge in [0.25, 0.3) is 0 Å². The standard InChI is InChI=1S/C15H14F2O2/c16-12-5-1-10(2-6-12)14(18)9-15(19)11-3-7-13(17)8-4-11/h1-8,14-15,18-19H,9H2. The van der Waals surface area contributed by atoms with Gasteiger partial charge in [-0.15, -0.1) is 0 Å². The summed E-state index contributed by atoms with van der Waals surface area (Å²) in [4.78, 5) is 0. The molecular formula is C15H14F2O2. The molecule has 0 radical (unpaired) electrons. The number of aliphatic hydroxyl groups is 2. The molecule has 0 amide bonds. The molecule has 0 spiro atoms. The van der Waals surface area contributed by atoms with Gasteiger partial charge in [-0.1, -0.05) is 24.3 Å². The lowest BCUT2D eigenvalue weighted by molar-refractivity contribution is 0.0803. The van der Waals surface area contributed by atoms with Gasteiger partial charge in [-0.2, -0.15) is 0 Å². The number of halogens is 2. The van der Waals surface area contributed by atoms with Crippen LogP contribution in [-0.4, -0.2) is 10.2 Å². The van der Waals surface area contributed by atoms with Gasteiger partial charge in [0.2, 0.25) is 0 Å². The number of benzene rings is 2. The number of hydrogen-bond donors (Lipinski definition) is 2. The highest BCUT2D eigenvalue weighted by Crippen LogP contribution is 2.26. The highest BCUT2D eigenvalue weighted by molar-refractivity contribution is 5.21. The molecule has 2 N–H and O–H groups in total. The highest BCUT2D eigenvalue weighted by atomic mass is 19.1. The molecule has 2 aromatic rings. The topological polar surface area (TPSA) is 40.5 Å². The van der Waals surface area contributed by atoms with Gasteiger partial charge < -0.3 is 10.2 Å². The van der Waals surface area contributed by atoms with Gasteiger partial charge in [-0.3, -0.25) is 0 Å². The van der Waals surface area contributed by atoms with E-state index in [2.05, 4.69) is 0 Å². The maximum atomic E-state index is 12.7. The van der Waals surface area contributed by atoms with Crippen molar-refractivity contribution in [2.45, 2.75) is 18.6 Å². The first kappa shape index (κ1) is 13.6. The summed E-state index contributed by atoms with van der Waals surface area (Å²) in [6.45, 7) is 0. The lowest BCUT2D eigenvalue weighted by atomic mass is 9.99. The molecule has 2 atom stereocenters. The average molecular weight is 264 g/mol. The predicted molar refractivity (Wildman–Crippen MR) is 67.3 cm³/mol. The number of rotatable bonds is 4. The molecule has 0 aromatic heterocycles. The van der Waals surface area contributed by atoms with E-state index in [0.29, 0.717) is 11.1 Å². The summed E-state index contributed by atoms with van der Waals surface area (Å²) in [5, 5.41) is 19.9. The summed E-state index contributed by atoms with van der Waals surface area (Å²) < 4.78 is 25.5. The van der Waals surface area contributed by atoms with Crippen LogP contribution in [0.25, 0.3) is 0 Å². The summed E-state index contributed by atoms with van der Waals surface area (Å²) in [6, 6.07) is 10.9. The van der Waals surface area contributed by atoms with Crippen LogP contribution < -0.4 is 0 Å². The zero-order valence-electron chi connectivity index (χ0n) is 10.1. The minimum Gasteiger partial charge on any atom is -0.388 e. The van der Waals surface area contributed by atoms with Crippen LogP contribution in [-0.2, 0) is 0 Å². The predicted octanol–water partition coefficient (Wildman–Crippen LogP) is 3.12. The highest BCUT2D eigenvalue weighted by Gasteiger charge is 2.15. The maximum Gasteiger partial charge on any atom is 0.123 e. The van der Waals surface area contributed by atoms with Crippen molar-refractivity contribution in [1.82, 2.24) is 0 Å². The Balaban J connectivity index is 2.03. The molecule has 2 unspecified atom stereocenters. The lowest BCUT2D eigenvalue weighted by Crippen LogP contribution is -2.06. The lowest BCUT2D eigenvalue weighted by Gasteiger charge is -2.16. The van der Waals surface area contributed by atoms with E-state index in [-0.39, 0.29) is 18.1 Å². The van der Waals surface area contributed by atoms with E-state index in [0.717, 1.165) is 0 Å². The fourth-order valence-corrected chi connectivity index (χ4v) is 1.85. The molecule has 0 aliphatic heterocycles. The third-order valence-corrected chi connectivity index (χ3v) is 2.96. The molecule has 0 heterocycles. The fourth-order valence-electron chi connectivity index (χ4n) is 1.85. The van der Waals surface area contributed by atoms with Crippen molar-refractivity contribution < 1.29 is 19.0 Å². The normalized spacial score (nSPS) is 14.1. The molecule has 4 heteroatoms. The van der Waals surface area contributed by atoms with Gasteiger partial charge in [0.05, 0.1) is 12.2 Å². The van der Waals surface area contributed by atoms with Crippen LogP contribution in [0.5, 0.6) is 0 Å². The second-order valence-electron chi connectivity index (χ2n) is 4.37. The Morgan fingerprint density at radius 3 is 1.32 bits per heavy atom. The van der Waals surface area contributed by atoms with Crippen molar-refractivity contribution >= 4 is 0 Å². The van der Waals surface area contributed by atoms with Crippen molar-refractivity contribution in [2.24, 2.45) is 0 Å². The van der Waals surface area contributed by atoms with Gasteiger partial charge in [-0.05, 0) is 35.4 Å². The Hall–Kier alpha value is -1.78. The monoisotopic (exact) mass is 264 g/mol. The molecule has 0 aliphatic rings. The summed E-state index contributed by atoms with van der Waals surface area (Å²) in [7, 11) is 0. The van der Waals surface area contributed by atoms with Crippen LogP contribution in [0.3, 0.4) is 0 Å². The Morgan fingerprint density at radius 1 is 0.684 bits per heavy atom. The first-order valence-corrected chi connectivity index (χ1v) is 5.93. The molecule has 2 rings (SSSR count). The van der Waals surface area contributed by atoms with E-state index in [1.165, 1.54) is 48.5 Å². The average Bonchev–Trinajstić information content (AvgIpc) is 2.40. The molecular weight excluding hydrogens is 250 g/mol. The zero-order valence-corrected chi connectivity index (χ0v) is 10.1. The van der Waals surface area contributed by atoms with E-state index in [9.17, 15) is 19.0 Å². The van der Waals surface area contributed by atoms with Crippen molar-refractivity contribution in [2.75, 3.05) is 0 Å². The largest absolute Gasteiger partial charge is 0.388 e. The molecule has 100 valence electrons. The summed E-state index contributed by atoms with van der Waals surface area (Å²) >= 11 is 0. The minimum atomic E-state index is -0.902. The van der Waals surface area contributed by atoms with Gasteiger partial charge >= 0.3 is 0 Å². The van der Waals surface area contributed by atoms with E-state index < -0.39 is 12.2 Å². The molecule has 0 fully saturated rings. The second kappa shape index (κ2) is 5.91. The van der Waals surface area contributed by atoms with Gasteiger partial charge in [0, 0.05) is 6.42 Å². The Morgan fingerprint density at radius 2 is 1.00 bits per heavy atom. The quantitative estimate of drug-likeness (QED) is 0.890. The van der Waals surface area contributed by atoms with Gasteiger partial charge in [0.15, 0.2) is 0 Å². The third-order valence-electron chi connectivity index (χ3n) is 2.96. The Labute approximate surface area is 110 Å². The van der Waals surface area contributed by atoms with E-state index in [1.54, 1.807) is 0 Å². The van der Waals surface area contributed by atoms with E-state index in [1.807, 2.05) is 0 Å². The van der Waals surface area contributed by atoms with Crippen LogP contribution in [0.4, 0.5) is 8.78 Å². The SMILES string of the molecule is OC(CC(O)c1ccc(F)cc1)c1ccc(F)cc1. The van der Waals surface area contributed by atoms with Crippen molar-refractivity contribution in [1.29, 1.82) is 0 Å². The first-order valence-electron chi connectivity index (χ1n) is 5.93. The molecule has 2 aromatic carbocycles. The van der Waals surface area contributed by atoms with Crippen molar-refractivity contribution in [3.63, 3.8) is 0 Å². The number of aliphatic hydroxyl groups excluding tert-OH is 2. The number of hydrogen-bond acceptors (Lipinski definition) is 2. The van der Waals surface area contributed by atoms with Crippen LogP contribution in [0.15, 0.2) is 48.5 Å². The smallest absolute Gasteiger partial charge is 0.123 e. The maximum absolute atomic E-state index is 12.7. The van der Waals surface area contributed by atoms with Crippen molar-refractivity contribution in [3.05, 3.63) is 71.3 Å². The summed E-state index contributed by atoms with van der Waals surface area (Å²) in [5.74, 6) is -0.759. The molecule has 0 saturated heterocycles. The first-order chi connectivity index (χ1) is 9.06. The van der Waals surface area contributed by atoms with E-state index in [4.69, 9.17) is 0 Å². The molecule has 0 saturated carbocycles. The van der Waals surface area contributed by atoms with Crippen molar-refractivity contribution in [3.8, 4) is 0 Å². The Bertz CT molecular complexity index is 473. The molecule has 2 nitrogen and oxygen atoms in total. The van der Waals surface area contributed by atoms with Crippen LogP contribution in [0.1, 0.15) is 29.8 Å². The summed E-state index contributed by atoms with van der Waals surface area (Å²) in [6.07, 6.45) is -1.74. The minimum absolute atomic E-state index is 0.0667. The zero-order chi connectivity index (χ0) is 13.8. The fraction of sp³-hybridized carbons (Fsp3) is 0.200. The second-order valence-corrected chi connectivity index (χ2v) is 4.37. The third kappa shape index (κ3) is 3.59. The van der Waals surface area contributed by atoms with Gasteiger partial charge in [0.1, 0.15) is 11.6 Å². The van der Waals surface area contributed by atoms with Gasteiger partial charge in [-0.25, -0.2) is 8.78 Å². The molecule has 19 heavy (non-hydrogen) atoms. The summed E-state index contributed by atoms with van der Waals surface area (Å²) in [5.41, 5.74) is 1.06. The van der Waals surface area contributed by atoms with Crippen LogP contribution in [0, 0.1) is 11.6 Å². The van der Waals surface area contributed by atoms with Crippen LogP contribution >= 0.6 is 0 Å².